The average Bonchev–Trinajstić information content (AvgIpc) is 3.12. The lowest BCUT2D eigenvalue weighted by Gasteiger charge is -2.12. The molecular formula is C14H11N5OS2. The Kier molecular flexibility index (Phi) is 2.95. The van der Waals surface area contributed by atoms with Gasteiger partial charge >= 0.3 is 0 Å². The smallest absolute Gasteiger partial charge is 0.269 e. The molecule has 0 aromatic carbocycles. The second-order valence-corrected chi connectivity index (χ2v) is 6.63. The van der Waals surface area contributed by atoms with Crippen molar-refractivity contribution >= 4 is 39.5 Å². The summed E-state index contributed by atoms with van der Waals surface area (Å²) in [6.45, 7) is 0. The van der Waals surface area contributed by atoms with E-state index in [0.29, 0.717) is 16.0 Å². The summed E-state index contributed by atoms with van der Waals surface area (Å²) in [6.07, 6.45) is 4.97. The van der Waals surface area contributed by atoms with Crippen LogP contribution in [0.2, 0.25) is 0 Å². The molecular weight excluding hydrogens is 318 g/mol. The summed E-state index contributed by atoms with van der Waals surface area (Å²) in [5.74, 6) is 0. The number of aromatic nitrogens is 4. The van der Waals surface area contributed by atoms with Crippen LogP contribution >= 0.6 is 22.9 Å². The van der Waals surface area contributed by atoms with Crippen LogP contribution in [0.1, 0.15) is 0 Å². The van der Waals surface area contributed by atoms with E-state index < -0.39 is 0 Å². The minimum atomic E-state index is -0.109. The van der Waals surface area contributed by atoms with Crippen molar-refractivity contribution in [1.82, 2.24) is 18.9 Å². The number of anilines is 1. The Morgan fingerprint density at radius 2 is 2.09 bits per heavy atom. The summed E-state index contributed by atoms with van der Waals surface area (Å²) < 4.78 is 5.70. The highest BCUT2D eigenvalue weighted by molar-refractivity contribution is 7.12. The predicted molar refractivity (Wildman–Crippen MR) is 89.6 cm³/mol. The van der Waals surface area contributed by atoms with Crippen LogP contribution in [0, 0.1) is 0 Å². The average molecular weight is 329 g/mol. The number of fused-ring (bicyclic) bond motifs is 3. The molecule has 0 atom stereocenters. The molecule has 1 aliphatic heterocycles. The van der Waals surface area contributed by atoms with Gasteiger partial charge in [0.05, 0.1) is 16.0 Å². The third-order valence-electron chi connectivity index (χ3n) is 3.44. The second kappa shape index (κ2) is 4.85. The van der Waals surface area contributed by atoms with Crippen molar-refractivity contribution in [2.45, 2.75) is 0 Å². The summed E-state index contributed by atoms with van der Waals surface area (Å²) in [5, 5.41) is 3.06. The van der Waals surface area contributed by atoms with Gasteiger partial charge in [-0.1, -0.05) is 0 Å². The van der Waals surface area contributed by atoms with E-state index in [1.807, 2.05) is 30.4 Å². The number of hydrogen-bond acceptors (Lipinski definition) is 7. The fourth-order valence-corrected chi connectivity index (χ4v) is 3.94. The lowest BCUT2D eigenvalue weighted by molar-refractivity contribution is 0.949. The second-order valence-electron chi connectivity index (χ2n) is 4.96. The SMILES string of the molecule is CN(C)c1c2ccnsc-2c2c(=O)n(-c3nccs3)cnc12. The molecule has 6 nitrogen and oxygen atoms in total. The predicted octanol–water partition coefficient (Wildman–Crippen LogP) is 2.47. The van der Waals surface area contributed by atoms with Gasteiger partial charge in [0, 0.05) is 37.4 Å². The van der Waals surface area contributed by atoms with Crippen LogP contribution in [0.25, 0.3) is 26.5 Å². The highest BCUT2D eigenvalue weighted by Crippen LogP contribution is 2.43. The van der Waals surface area contributed by atoms with Gasteiger partial charge in [0.2, 0.25) is 0 Å². The van der Waals surface area contributed by atoms with E-state index in [4.69, 9.17) is 0 Å². The summed E-state index contributed by atoms with van der Waals surface area (Å²) >= 11 is 2.72. The zero-order valence-corrected chi connectivity index (χ0v) is 13.5. The Bertz CT molecular complexity index is 986. The zero-order chi connectivity index (χ0) is 15.3. The van der Waals surface area contributed by atoms with Gasteiger partial charge in [-0.15, -0.1) is 11.3 Å². The maximum Gasteiger partial charge on any atom is 0.269 e. The molecule has 0 unspecified atom stereocenters. The summed E-state index contributed by atoms with van der Waals surface area (Å²) in [4.78, 5) is 24.5. The lowest BCUT2D eigenvalue weighted by Crippen LogP contribution is -2.18. The van der Waals surface area contributed by atoms with Crippen molar-refractivity contribution in [1.29, 1.82) is 0 Å². The number of rotatable bonds is 2. The highest BCUT2D eigenvalue weighted by Gasteiger charge is 2.24. The molecule has 2 aromatic heterocycles. The molecule has 0 amide bonds. The van der Waals surface area contributed by atoms with E-state index in [1.54, 1.807) is 18.7 Å². The van der Waals surface area contributed by atoms with Crippen LogP contribution in [0.5, 0.6) is 0 Å². The van der Waals surface area contributed by atoms with Crippen molar-refractivity contribution in [2.75, 3.05) is 19.0 Å². The Morgan fingerprint density at radius 3 is 2.82 bits per heavy atom. The summed E-state index contributed by atoms with van der Waals surface area (Å²) in [7, 11) is 3.90. The molecule has 8 heteroatoms. The lowest BCUT2D eigenvalue weighted by atomic mass is 10.2. The molecule has 0 N–H and O–H groups in total. The molecule has 0 saturated carbocycles. The van der Waals surface area contributed by atoms with E-state index in [1.165, 1.54) is 27.4 Å². The Morgan fingerprint density at radius 1 is 1.23 bits per heavy atom. The largest absolute Gasteiger partial charge is 0.375 e. The van der Waals surface area contributed by atoms with Crippen molar-refractivity contribution in [3.8, 4) is 15.6 Å². The first kappa shape index (κ1) is 13.4. The van der Waals surface area contributed by atoms with E-state index in [0.717, 1.165) is 16.1 Å². The minimum Gasteiger partial charge on any atom is -0.375 e. The molecule has 2 aliphatic rings. The molecule has 4 rings (SSSR count). The van der Waals surface area contributed by atoms with Crippen LogP contribution in [0.4, 0.5) is 5.69 Å². The van der Waals surface area contributed by atoms with Gasteiger partial charge in [-0.05, 0) is 17.6 Å². The van der Waals surface area contributed by atoms with Gasteiger partial charge in [-0.2, -0.15) is 0 Å². The minimum absolute atomic E-state index is 0.109. The highest BCUT2D eigenvalue weighted by atomic mass is 32.1. The van der Waals surface area contributed by atoms with Gasteiger partial charge in [-0.3, -0.25) is 4.79 Å². The van der Waals surface area contributed by atoms with E-state index in [2.05, 4.69) is 14.3 Å². The fraction of sp³-hybridized carbons (Fsp3) is 0.143. The Balaban J connectivity index is 2.16. The molecule has 22 heavy (non-hydrogen) atoms. The molecule has 0 saturated heterocycles. The topological polar surface area (TPSA) is 63.9 Å². The molecule has 0 bridgehead atoms. The van der Waals surface area contributed by atoms with Gasteiger partial charge < -0.3 is 4.90 Å². The standard InChI is InChI=1S/C14H11N5OS2/c1-18(2)11-8-3-4-17-22-12(8)9-10(11)16-7-19(13(9)20)14-15-5-6-21-14/h3-7H,1-2H3. The number of nitrogens with zero attached hydrogens (tertiary/aromatic N) is 5. The first-order valence-corrected chi connectivity index (χ1v) is 8.18. The van der Waals surface area contributed by atoms with Crippen LogP contribution in [0.3, 0.4) is 0 Å². The van der Waals surface area contributed by atoms with E-state index >= 15 is 0 Å². The van der Waals surface area contributed by atoms with Gasteiger partial charge in [-0.25, -0.2) is 18.9 Å². The summed E-state index contributed by atoms with van der Waals surface area (Å²) in [6, 6.07) is 1.93. The Hall–Kier alpha value is -2.32. The van der Waals surface area contributed by atoms with Crippen molar-refractivity contribution in [3.05, 3.63) is 40.5 Å². The van der Waals surface area contributed by atoms with Crippen molar-refractivity contribution < 1.29 is 0 Å². The van der Waals surface area contributed by atoms with Crippen molar-refractivity contribution in [2.24, 2.45) is 0 Å². The molecule has 3 heterocycles. The van der Waals surface area contributed by atoms with Gasteiger partial charge in [0.25, 0.3) is 5.56 Å². The first-order valence-electron chi connectivity index (χ1n) is 6.53. The number of hydrogen-bond donors (Lipinski definition) is 0. The molecule has 110 valence electrons. The Labute approximate surface area is 133 Å². The van der Waals surface area contributed by atoms with Gasteiger partial charge in [0.15, 0.2) is 5.13 Å². The maximum absolute atomic E-state index is 12.9. The fourth-order valence-electron chi connectivity index (χ4n) is 2.57. The number of thiazole rings is 1. The van der Waals surface area contributed by atoms with Crippen LogP contribution in [-0.4, -0.2) is 33.0 Å². The third kappa shape index (κ3) is 1.77. The first-order chi connectivity index (χ1) is 10.7. The monoisotopic (exact) mass is 329 g/mol. The quantitative estimate of drug-likeness (QED) is 0.565. The molecule has 0 spiro atoms. The normalized spacial score (nSPS) is 11.4. The van der Waals surface area contributed by atoms with Crippen molar-refractivity contribution in [3.63, 3.8) is 0 Å². The summed E-state index contributed by atoms with van der Waals surface area (Å²) in [5.41, 5.74) is 2.55. The molecule has 0 fully saturated rings. The van der Waals surface area contributed by atoms with E-state index in [9.17, 15) is 4.79 Å². The van der Waals surface area contributed by atoms with Gasteiger partial charge in [0.1, 0.15) is 11.8 Å². The van der Waals surface area contributed by atoms with E-state index in [-0.39, 0.29) is 5.56 Å². The maximum atomic E-state index is 12.9. The molecule has 0 radical (unpaired) electrons. The third-order valence-corrected chi connectivity index (χ3v) is 5.05. The molecule has 1 aliphatic carbocycles. The van der Waals surface area contributed by atoms with Crippen LogP contribution in [-0.2, 0) is 0 Å². The zero-order valence-electron chi connectivity index (χ0n) is 11.8. The molecule has 2 aromatic rings. The van der Waals surface area contributed by atoms with Crippen LogP contribution in [0.15, 0.2) is 35.0 Å². The van der Waals surface area contributed by atoms with Crippen LogP contribution < -0.4 is 10.5 Å².